The highest BCUT2D eigenvalue weighted by Gasteiger charge is 2.33. The van der Waals surface area contributed by atoms with Crippen LogP contribution >= 0.6 is 0 Å². The number of amides is 2. The lowest BCUT2D eigenvalue weighted by Gasteiger charge is -2.32. The predicted molar refractivity (Wildman–Crippen MR) is 161 cm³/mol. The first-order chi connectivity index (χ1) is 20.5. The van der Waals surface area contributed by atoms with Gasteiger partial charge in [0.1, 0.15) is 24.2 Å². The van der Waals surface area contributed by atoms with E-state index < -0.39 is 34.3 Å². The third kappa shape index (κ3) is 8.38. The van der Waals surface area contributed by atoms with Gasteiger partial charge in [-0.15, -0.1) is 0 Å². The van der Waals surface area contributed by atoms with Gasteiger partial charge in [0.2, 0.25) is 11.8 Å². The third-order valence-electron chi connectivity index (χ3n) is 6.85. The van der Waals surface area contributed by atoms with Crippen LogP contribution in [0, 0.1) is 5.82 Å². The van der Waals surface area contributed by atoms with Gasteiger partial charge in [0.25, 0.3) is 10.0 Å². The maximum Gasteiger partial charge on any atom is 0.264 e. The molecule has 1 unspecified atom stereocenters. The molecule has 232 valence electrons. The van der Waals surface area contributed by atoms with E-state index in [2.05, 4.69) is 5.32 Å². The largest absolute Gasteiger partial charge is 0.497 e. The quantitative estimate of drug-likeness (QED) is 0.253. The van der Waals surface area contributed by atoms with Crippen LogP contribution in [0.4, 0.5) is 10.1 Å². The molecule has 2 amide bonds. The van der Waals surface area contributed by atoms with Crippen molar-refractivity contribution in [1.29, 1.82) is 0 Å². The van der Waals surface area contributed by atoms with E-state index >= 15 is 0 Å². The maximum atomic E-state index is 14.0. The van der Waals surface area contributed by atoms with Crippen molar-refractivity contribution in [1.82, 2.24) is 10.2 Å². The summed E-state index contributed by atoms with van der Waals surface area (Å²) in [7, 11) is -0.0520. The number of methoxy groups -OCH3 is 3. The lowest BCUT2D eigenvalue weighted by atomic mass is 10.1. The van der Waals surface area contributed by atoms with Gasteiger partial charge in [-0.25, -0.2) is 12.8 Å². The fraction of sp³-hybridized carbons (Fsp3) is 0.355. The molecular weight excluding hydrogens is 577 g/mol. The summed E-state index contributed by atoms with van der Waals surface area (Å²) in [5, 5.41) is 2.84. The standard InChI is InChI=1S/C31H38FN3O7S/c1-6-7-18-33-31(37)22(2)34(20-23-8-14-26(40-3)15-9-23)30(36)21-35(25-12-10-24(32)11-13-25)43(38,39)27-16-17-28(41-4)29(19-27)42-5/h8-17,19,22H,6-7,18,20-21H2,1-5H3,(H,33,37). The van der Waals surface area contributed by atoms with E-state index in [1.807, 2.05) is 6.92 Å². The molecule has 1 atom stereocenters. The number of carbonyl (C=O) groups is 2. The zero-order valence-corrected chi connectivity index (χ0v) is 25.8. The number of unbranched alkanes of at least 4 members (excludes halogenated alkanes) is 1. The Morgan fingerprint density at radius 2 is 1.56 bits per heavy atom. The fourth-order valence-corrected chi connectivity index (χ4v) is 5.72. The number of sulfonamides is 1. The molecule has 0 bridgehead atoms. The molecule has 3 aromatic carbocycles. The molecule has 0 aliphatic carbocycles. The van der Waals surface area contributed by atoms with E-state index in [1.54, 1.807) is 31.2 Å². The highest BCUT2D eigenvalue weighted by molar-refractivity contribution is 7.92. The Bertz CT molecular complexity index is 1480. The van der Waals surface area contributed by atoms with Crippen LogP contribution in [0.25, 0.3) is 0 Å². The molecule has 10 nitrogen and oxygen atoms in total. The fourth-order valence-electron chi connectivity index (χ4n) is 4.29. The van der Waals surface area contributed by atoms with E-state index in [1.165, 1.54) is 56.6 Å². The normalized spacial score (nSPS) is 11.8. The Morgan fingerprint density at radius 3 is 2.14 bits per heavy atom. The molecule has 0 aliphatic rings. The summed E-state index contributed by atoms with van der Waals surface area (Å²) in [6.07, 6.45) is 1.65. The highest BCUT2D eigenvalue weighted by Crippen LogP contribution is 2.32. The van der Waals surface area contributed by atoms with Crippen LogP contribution in [0.3, 0.4) is 0 Å². The Kier molecular flexibility index (Phi) is 11.8. The van der Waals surface area contributed by atoms with Crippen LogP contribution < -0.4 is 23.8 Å². The van der Waals surface area contributed by atoms with Crippen molar-refractivity contribution < 1.29 is 36.6 Å². The third-order valence-corrected chi connectivity index (χ3v) is 8.62. The minimum atomic E-state index is -4.39. The lowest BCUT2D eigenvalue weighted by molar-refractivity contribution is -0.139. The first kappa shape index (κ1) is 33.2. The van der Waals surface area contributed by atoms with E-state index in [9.17, 15) is 22.4 Å². The van der Waals surface area contributed by atoms with Gasteiger partial charge in [-0.1, -0.05) is 25.5 Å². The number of benzene rings is 3. The van der Waals surface area contributed by atoms with Gasteiger partial charge < -0.3 is 24.4 Å². The molecule has 0 radical (unpaired) electrons. The minimum absolute atomic E-state index is 0.0266. The van der Waals surface area contributed by atoms with E-state index in [0.717, 1.165) is 29.3 Å². The van der Waals surface area contributed by atoms with Crippen molar-refractivity contribution in [3.63, 3.8) is 0 Å². The Morgan fingerprint density at radius 1 is 0.907 bits per heavy atom. The van der Waals surface area contributed by atoms with Crippen molar-refractivity contribution in [2.24, 2.45) is 0 Å². The Labute approximate surface area is 252 Å². The van der Waals surface area contributed by atoms with Gasteiger partial charge >= 0.3 is 0 Å². The monoisotopic (exact) mass is 615 g/mol. The zero-order chi connectivity index (χ0) is 31.6. The molecule has 1 N–H and O–H groups in total. The number of nitrogens with one attached hydrogen (secondary N) is 1. The molecule has 0 aromatic heterocycles. The zero-order valence-electron chi connectivity index (χ0n) is 25.0. The van der Waals surface area contributed by atoms with E-state index in [4.69, 9.17) is 14.2 Å². The van der Waals surface area contributed by atoms with Crippen molar-refractivity contribution in [2.75, 3.05) is 38.7 Å². The molecule has 43 heavy (non-hydrogen) atoms. The smallest absolute Gasteiger partial charge is 0.264 e. The molecule has 0 heterocycles. The van der Waals surface area contributed by atoms with Crippen molar-refractivity contribution in [3.05, 3.63) is 78.1 Å². The predicted octanol–water partition coefficient (Wildman–Crippen LogP) is 4.38. The molecule has 0 spiro atoms. The number of halogens is 1. The van der Waals surface area contributed by atoms with Gasteiger partial charge in [0.15, 0.2) is 11.5 Å². The number of carbonyl (C=O) groups excluding carboxylic acids is 2. The van der Waals surface area contributed by atoms with Crippen LogP contribution in [-0.2, 0) is 26.2 Å². The Balaban J connectivity index is 2.03. The van der Waals surface area contributed by atoms with Gasteiger partial charge in [0, 0.05) is 19.2 Å². The summed E-state index contributed by atoms with van der Waals surface area (Å²) in [5.74, 6) is -0.465. The van der Waals surface area contributed by atoms with Crippen LogP contribution in [0.2, 0.25) is 0 Å². The molecule has 3 aromatic rings. The first-order valence-corrected chi connectivity index (χ1v) is 15.2. The first-order valence-electron chi connectivity index (χ1n) is 13.8. The molecule has 3 rings (SSSR count). The van der Waals surface area contributed by atoms with E-state index in [-0.39, 0.29) is 28.8 Å². The number of nitrogens with zero attached hydrogens (tertiary/aromatic N) is 2. The summed E-state index contributed by atoms with van der Waals surface area (Å²) >= 11 is 0. The van der Waals surface area contributed by atoms with Crippen LogP contribution in [0.5, 0.6) is 17.2 Å². The number of rotatable bonds is 15. The second-order valence-corrected chi connectivity index (χ2v) is 11.6. The van der Waals surface area contributed by atoms with Crippen molar-refractivity contribution >= 4 is 27.5 Å². The summed E-state index contributed by atoms with van der Waals surface area (Å²) in [6.45, 7) is 3.40. The lowest BCUT2D eigenvalue weighted by Crippen LogP contribution is -2.51. The number of hydrogen-bond donors (Lipinski definition) is 1. The molecular formula is C31H38FN3O7S. The van der Waals surface area contributed by atoms with E-state index in [0.29, 0.717) is 23.6 Å². The molecule has 0 saturated carbocycles. The number of anilines is 1. The molecule has 0 saturated heterocycles. The summed E-state index contributed by atoms with van der Waals surface area (Å²) in [6, 6.07) is 14.9. The second kappa shape index (κ2) is 15.2. The summed E-state index contributed by atoms with van der Waals surface area (Å²) in [5.41, 5.74) is 0.771. The van der Waals surface area contributed by atoms with Crippen LogP contribution in [0.1, 0.15) is 32.3 Å². The van der Waals surface area contributed by atoms with Gasteiger partial charge in [-0.05, 0) is 67.4 Å². The minimum Gasteiger partial charge on any atom is -0.497 e. The van der Waals surface area contributed by atoms with Crippen molar-refractivity contribution in [3.8, 4) is 17.2 Å². The number of hydrogen-bond acceptors (Lipinski definition) is 7. The second-order valence-electron chi connectivity index (χ2n) is 9.70. The van der Waals surface area contributed by atoms with Gasteiger partial charge in [0.05, 0.1) is 31.9 Å². The molecule has 0 aliphatic heterocycles. The average molecular weight is 616 g/mol. The number of ether oxygens (including phenoxy) is 3. The summed E-state index contributed by atoms with van der Waals surface area (Å²) < 4.78 is 58.5. The topological polar surface area (TPSA) is 114 Å². The molecule has 12 heteroatoms. The molecule has 0 fully saturated rings. The summed E-state index contributed by atoms with van der Waals surface area (Å²) in [4.78, 5) is 28.2. The SMILES string of the molecule is CCCCNC(=O)C(C)N(Cc1ccc(OC)cc1)C(=O)CN(c1ccc(F)cc1)S(=O)(=O)c1ccc(OC)c(OC)c1. The average Bonchev–Trinajstić information content (AvgIpc) is 3.02. The van der Waals surface area contributed by atoms with Crippen LogP contribution in [-0.4, -0.2) is 65.6 Å². The Hall–Kier alpha value is -4.32. The van der Waals surface area contributed by atoms with Crippen LogP contribution in [0.15, 0.2) is 71.6 Å². The van der Waals surface area contributed by atoms with Crippen molar-refractivity contribution in [2.45, 2.75) is 44.2 Å². The van der Waals surface area contributed by atoms with Gasteiger partial charge in [-0.3, -0.25) is 13.9 Å². The van der Waals surface area contributed by atoms with Gasteiger partial charge in [-0.2, -0.15) is 0 Å². The highest BCUT2D eigenvalue weighted by atomic mass is 32.2. The maximum absolute atomic E-state index is 14.0.